The maximum Gasteiger partial charge on any atom is 0.321 e. The van der Waals surface area contributed by atoms with Gasteiger partial charge in [0.15, 0.2) is 0 Å². The van der Waals surface area contributed by atoms with Gasteiger partial charge in [0.1, 0.15) is 0 Å². The molecule has 3 rings (SSSR count). The van der Waals surface area contributed by atoms with Crippen LogP contribution in [-0.2, 0) is 0 Å². The van der Waals surface area contributed by atoms with Crippen LogP contribution >= 0.6 is 0 Å². The zero-order valence-corrected chi connectivity index (χ0v) is 11.5. The molecule has 4 nitrogen and oxygen atoms in total. The monoisotopic (exact) mass is 269 g/mol. The highest BCUT2D eigenvalue weighted by Gasteiger charge is 2.16. The molecule has 0 bridgehead atoms. The van der Waals surface area contributed by atoms with Gasteiger partial charge in [-0.2, -0.15) is 0 Å². The minimum absolute atomic E-state index is 0.00921. The van der Waals surface area contributed by atoms with Crippen molar-refractivity contribution >= 4 is 22.6 Å². The van der Waals surface area contributed by atoms with E-state index in [0.29, 0.717) is 0 Å². The molecule has 0 atom stereocenters. The van der Waals surface area contributed by atoms with Crippen LogP contribution in [0.3, 0.4) is 0 Å². The van der Waals surface area contributed by atoms with E-state index in [4.69, 9.17) is 0 Å². The number of amides is 2. The number of para-hydroxylation sites is 1. The summed E-state index contributed by atoms with van der Waals surface area (Å²) in [5.74, 6) is 0. The van der Waals surface area contributed by atoms with Crippen LogP contribution in [0.5, 0.6) is 0 Å². The third-order valence-electron chi connectivity index (χ3n) is 3.77. The summed E-state index contributed by atoms with van der Waals surface area (Å²) >= 11 is 0. The Labute approximate surface area is 118 Å². The van der Waals surface area contributed by atoms with E-state index < -0.39 is 0 Å². The first-order chi connectivity index (χ1) is 9.84. The first-order valence-corrected chi connectivity index (χ1v) is 7.24. The van der Waals surface area contributed by atoms with Gasteiger partial charge in [0, 0.05) is 24.7 Å². The number of anilines is 1. The smallest absolute Gasteiger partial charge is 0.321 e. The Hall–Kier alpha value is -2.10. The fourth-order valence-corrected chi connectivity index (χ4v) is 2.67. The summed E-state index contributed by atoms with van der Waals surface area (Å²) in [5, 5.41) is 4.05. The third kappa shape index (κ3) is 2.74. The second-order valence-electron chi connectivity index (χ2n) is 5.21. The lowest BCUT2D eigenvalue weighted by molar-refractivity contribution is 0.214. The first-order valence-electron chi connectivity index (χ1n) is 7.24. The lowest BCUT2D eigenvalue weighted by Gasteiger charge is -2.21. The van der Waals surface area contributed by atoms with Crippen molar-refractivity contribution in [1.82, 2.24) is 9.88 Å². The van der Waals surface area contributed by atoms with Gasteiger partial charge in [-0.3, -0.25) is 4.98 Å². The Morgan fingerprint density at radius 2 is 1.80 bits per heavy atom. The van der Waals surface area contributed by atoms with E-state index in [9.17, 15) is 4.79 Å². The molecular formula is C16H19N3O. The molecule has 0 spiro atoms. The van der Waals surface area contributed by atoms with Gasteiger partial charge in [-0.1, -0.05) is 31.0 Å². The van der Waals surface area contributed by atoms with Crippen LogP contribution in [0.2, 0.25) is 0 Å². The Kier molecular flexibility index (Phi) is 3.81. The average Bonchev–Trinajstić information content (AvgIpc) is 2.77. The number of pyridine rings is 1. The first kappa shape index (κ1) is 12.9. The highest BCUT2D eigenvalue weighted by molar-refractivity contribution is 5.99. The average molecular weight is 269 g/mol. The lowest BCUT2D eigenvalue weighted by atomic mass is 10.2. The molecule has 20 heavy (non-hydrogen) atoms. The van der Waals surface area contributed by atoms with Crippen molar-refractivity contribution < 1.29 is 4.79 Å². The Balaban J connectivity index is 1.80. The molecule has 1 fully saturated rings. The van der Waals surface area contributed by atoms with Crippen molar-refractivity contribution in [3.8, 4) is 0 Å². The highest BCUT2D eigenvalue weighted by atomic mass is 16.2. The molecule has 0 aliphatic carbocycles. The number of urea groups is 1. The van der Waals surface area contributed by atoms with Gasteiger partial charge in [-0.25, -0.2) is 4.79 Å². The van der Waals surface area contributed by atoms with Crippen molar-refractivity contribution in [2.75, 3.05) is 18.4 Å². The van der Waals surface area contributed by atoms with Gasteiger partial charge in [0.2, 0.25) is 0 Å². The van der Waals surface area contributed by atoms with Gasteiger partial charge >= 0.3 is 6.03 Å². The molecule has 1 aliphatic heterocycles. The molecule has 1 aliphatic rings. The summed E-state index contributed by atoms with van der Waals surface area (Å²) in [4.78, 5) is 18.6. The summed E-state index contributed by atoms with van der Waals surface area (Å²) in [6, 6.07) is 9.76. The molecule has 0 saturated carbocycles. The Morgan fingerprint density at radius 3 is 2.60 bits per heavy atom. The minimum Gasteiger partial charge on any atom is -0.325 e. The highest BCUT2D eigenvalue weighted by Crippen LogP contribution is 2.21. The fraction of sp³-hybridized carbons (Fsp3) is 0.375. The molecule has 2 heterocycles. The quantitative estimate of drug-likeness (QED) is 0.859. The van der Waals surface area contributed by atoms with Gasteiger partial charge in [-0.05, 0) is 25.0 Å². The lowest BCUT2D eigenvalue weighted by Crippen LogP contribution is -2.35. The number of hydrogen-bond acceptors (Lipinski definition) is 2. The van der Waals surface area contributed by atoms with Crippen LogP contribution in [0, 0.1) is 0 Å². The molecule has 2 aromatic rings. The van der Waals surface area contributed by atoms with Crippen LogP contribution in [0.15, 0.2) is 36.5 Å². The number of nitrogens with one attached hydrogen (secondary N) is 1. The van der Waals surface area contributed by atoms with E-state index in [2.05, 4.69) is 10.3 Å². The summed E-state index contributed by atoms with van der Waals surface area (Å²) in [6.45, 7) is 1.70. The Bertz CT molecular complexity index is 598. The minimum atomic E-state index is -0.00921. The second kappa shape index (κ2) is 5.90. The van der Waals surface area contributed by atoms with Gasteiger partial charge in [-0.15, -0.1) is 0 Å². The standard InChI is InChI=1S/C16H19N3O/c20-16(19-11-3-1-2-4-12-19)18-14-9-5-7-13-8-6-10-17-15(13)14/h5-10H,1-4,11-12H2,(H,18,20). The number of rotatable bonds is 1. The van der Waals surface area contributed by atoms with Crippen molar-refractivity contribution in [3.05, 3.63) is 36.5 Å². The van der Waals surface area contributed by atoms with Crippen molar-refractivity contribution in [1.29, 1.82) is 0 Å². The predicted octanol–water partition coefficient (Wildman–Crippen LogP) is 3.64. The molecule has 1 saturated heterocycles. The van der Waals surface area contributed by atoms with Crippen molar-refractivity contribution in [2.24, 2.45) is 0 Å². The maximum atomic E-state index is 12.4. The van der Waals surface area contributed by atoms with E-state index in [-0.39, 0.29) is 6.03 Å². The number of hydrogen-bond donors (Lipinski definition) is 1. The molecular weight excluding hydrogens is 250 g/mol. The van der Waals surface area contributed by atoms with Crippen LogP contribution < -0.4 is 5.32 Å². The second-order valence-corrected chi connectivity index (χ2v) is 5.21. The van der Waals surface area contributed by atoms with Crippen molar-refractivity contribution in [2.45, 2.75) is 25.7 Å². The van der Waals surface area contributed by atoms with Crippen molar-refractivity contribution in [3.63, 3.8) is 0 Å². The van der Waals surface area contributed by atoms with Gasteiger partial charge in [0.25, 0.3) is 0 Å². The van der Waals surface area contributed by atoms with E-state index in [1.165, 1.54) is 12.8 Å². The van der Waals surface area contributed by atoms with E-state index in [1.807, 2.05) is 35.2 Å². The van der Waals surface area contributed by atoms with Crippen LogP contribution in [0.1, 0.15) is 25.7 Å². The molecule has 104 valence electrons. The van der Waals surface area contributed by atoms with Gasteiger partial charge < -0.3 is 10.2 Å². The van der Waals surface area contributed by atoms with Crippen LogP contribution in [-0.4, -0.2) is 29.0 Å². The number of benzene rings is 1. The zero-order chi connectivity index (χ0) is 13.8. The SMILES string of the molecule is O=C(Nc1cccc2cccnc12)N1CCCCCC1. The summed E-state index contributed by atoms with van der Waals surface area (Å²) in [5.41, 5.74) is 1.63. The van der Waals surface area contributed by atoms with E-state index >= 15 is 0 Å². The normalized spacial score (nSPS) is 15.9. The molecule has 0 unspecified atom stereocenters. The summed E-state index contributed by atoms with van der Waals surface area (Å²) in [6.07, 6.45) is 6.39. The number of aromatic nitrogens is 1. The molecule has 2 amide bonds. The van der Waals surface area contributed by atoms with Crippen LogP contribution in [0.25, 0.3) is 10.9 Å². The van der Waals surface area contributed by atoms with E-state index in [0.717, 1.165) is 42.5 Å². The number of carbonyl (C=O) groups is 1. The molecule has 1 aromatic heterocycles. The summed E-state index contributed by atoms with van der Waals surface area (Å²) in [7, 11) is 0. The number of carbonyl (C=O) groups excluding carboxylic acids is 1. The third-order valence-corrected chi connectivity index (χ3v) is 3.77. The molecule has 1 aromatic carbocycles. The molecule has 1 N–H and O–H groups in total. The zero-order valence-electron chi connectivity index (χ0n) is 11.5. The fourth-order valence-electron chi connectivity index (χ4n) is 2.67. The predicted molar refractivity (Wildman–Crippen MR) is 80.8 cm³/mol. The maximum absolute atomic E-state index is 12.4. The molecule has 0 radical (unpaired) electrons. The van der Waals surface area contributed by atoms with Crippen LogP contribution in [0.4, 0.5) is 10.5 Å². The number of nitrogens with zero attached hydrogens (tertiary/aromatic N) is 2. The largest absolute Gasteiger partial charge is 0.325 e. The summed E-state index contributed by atoms with van der Waals surface area (Å²) < 4.78 is 0. The molecule has 4 heteroatoms. The van der Waals surface area contributed by atoms with Gasteiger partial charge in [0.05, 0.1) is 11.2 Å². The number of fused-ring (bicyclic) bond motifs is 1. The topological polar surface area (TPSA) is 45.2 Å². The Morgan fingerprint density at radius 1 is 1.05 bits per heavy atom. The number of likely N-dealkylation sites (tertiary alicyclic amines) is 1. The van der Waals surface area contributed by atoms with E-state index in [1.54, 1.807) is 6.20 Å².